The van der Waals surface area contributed by atoms with Gasteiger partial charge in [0.25, 0.3) is 0 Å². The van der Waals surface area contributed by atoms with E-state index in [-0.39, 0.29) is 17.2 Å². The van der Waals surface area contributed by atoms with Gasteiger partial charge in [0, 0.05) is 32.2 Å². The second-order valence-corrected chi connectivity index (χ2v) is 6.83. The monoisotopic (exact) mass is 308 g/mol. The number of phenols is 1. The van der Waals surface area contributed by atoms with Crippen LogP contribution in [-0.2, 0) is 0 Å². The molecule has 1 fully saturated rings. The minimum Gasteiger partial charge on any atom is -0.502 e. The topological polar surface area (TPSA) is 54.0 Å². The molecule has 1 aromatic rings. The van der Waals surface area contributed by atoms with Gasteiger partial charge >= 0.3 is 0 Å². The Kier molecular flexibility index (Phi) is 5.19. The lowest BCUT2D eigenvalue weighted by Gasteiger charge is -2.42. The summed E-state index contributed by atoms with van der Waals surface area (Å²) in [6.07, 6.45) is 0. The summed E-state index contributed by atoms with van der Waals surface area (Å²) in [7, 11) is 3.13. The third-order valence-electron chi connectivity index (χ3n) is 4.15. The molecule has 1 aromatic carbocycles. The van der Waals surface area contributed by atoms with Crippen molar-refractivity contribution in [1.29, 1.82) is 0 Å². The summed E-state index contributed by atoms with van der Waals surface area (Å²) in [5, 5.41) is 13.5. The first-order valence-corrected chi connectivity index (χ1v) is 7.78. The summed E-state index contributed by atoms with van der Waals surface area (Å²) in [6, 6.07) is 4.09. The number of ether oxygens (including phenoxy) is 2. The summed E-state index contributed by atoms with van der Waals surface area (Å²) < 4.78 is 10.6. The lowest BCUT2D eigenvalue weighted by Crippen LogP contribution is -2.48. The molecule has 124 valence electrons. The van der Waals surface area contributed by atoms with Gasteiger partial charge in [-0.3, -0.25) is 4.90 Å². The van der Waals surface area contributed by atoms with Gasteiger partial charge in [-0.1, -0.05) is 20.8 Å². The van der Waals surface area contributed by atoms with E-state index in [1.807, 2.05) is 12.1 Å². The van der Waals surface area contributed by atoms with Crippen LogP contribution in [0.2, 0.25) is 0 Å². The number of benzene rings is 1. The Balaban J connectivity index is 2.47. The SMILES string of the molecule is COc1cc([C@H](N2CCNCC2)C(C)(C)C)cc(OC)c1O. The molecule has 22 heavy (non-hydrogen) atoms. The lowest BCUT2D eigenvalue weighted by atomic mass is 9.80. The van der Waals surface area contributed by atoms with E-state index in [0.717, 1.165) is 31.7 Å². The summed E-state index contributed by atoms with van der Waals surface area (Å²) in [6.45, 7) is 10.7. The second-order valence-electron chi connectivity index (χ2n) is 6.83. The van der Waals surface area contributed by atoms with Crippen molar-refractivity contribution in [3.63, 3.8) is 0 Å². The van der Waals surface area contributed by atoms with Crippen LogP contribution in [0.1, 0.15) is 32.4 Å². The van der Waals surface area contributed by atoms with Gasteiger partial charge in [-0.05, 0) is 23.1 Å². The summed E-state index contributed by atoms with van der Waals surface area (Å²) in [5.74, 6) is 0.971. The molecule has 1 aliphatic heterocycles. The second kappa shape index (κ2) is 6.75. The van der Waals surface area contributed by atoms with Gasteiger partial charge in [0.05, 0.1) is 14.2 Å². The van der Waals surface area contributed by atoms with Gasteiger partial charge in [0.2, 0.25) is 5.75 Å². The van der Waals surface area contributed by atoms with Gasteiger partial charge in [0.15, 0.2) is 11.5 Å². The van der Waals surface area contributed by atoms with E-state index in [2.05, 4.69) is 31.0 Å². The van der Waals surface area contributed by atoms with E-state index >= 15 is 0 Å². The Hall–Kier alpha value is -1.46. The number of hydrogen-bond acceptors (Lipinski definition) is 5. The average molecular weight is 308 g/mol. The summed E-state index contributed by atoms with van der Waals surface area (Å²) >= 11 is 0. The Bertz CT molecular complexity index is 480. The Labute approximate surface area is 133 Å². The molecule has 1 saturated heterocycles. The zero-order valence-corrected chi connectivity index (χ0v) is 14.3. The molecule has 0 radical (unpaired) electrons. The Morgan fingerprint density at radius 2 is 1.59 bits per heavy atom. The molecule has 0 amide bonds. The normalized spacial score (nSPS) is 18.0. The maximum absolute atomic E-state index is 10.1. The first kappa shape index (κ1) is 16.9. The minimum atomic E-state index is 0.0571. The maximum atomic E-state index is 10.1. The van der Waals surface area contributed by atoms with Crippen molar-refractivity contribution in [2.45, 2.75) is 26.8 Å². The van der Waals surface area contributed by atoms with Gasteiger partial charge < -0.3 is 19.9 Å². The number of aromatic hydroxyl groups is 1. The first-order chi connectivity index (χ1) is 10.4. The first-order valence-electron chi connectivity index (χ1n) is 7.78. The molecule has 1 heterocycles. The van der Waals surface area contributed by atoms with E-state index in [1.165, 1.54) is 0 Å². The van der Waals surface area contributed by atoms with E-state index in [4.69, 9.17) is 9.47 Å². The van der Waals surface area contributed by atoms with Crippen LogP contribution in [0.3, 0.4) is 0 Å². The summed E-state index contributed by atoms with van der Waals surface area (Å²) in [5.41, 5.74) is 1.17. The van der Waals surface area contributed by atoms with Crippen LogP contribution in [-0.4, -0.2) is 50.4 Å². The number of hydrogen-bond donors (Lipinski definition) is 2. The quantitative estimate of drug-likeness (QED) is 0.894. The van der Waals surface area contributed by atoms with Crippen LogP contribution in [0.15, 0.2) is 12.1 Å². The maximum Gasteiger partial charge on any atom is 0.200 e. The molecule has 2 N–H and O–H groups in total. The molecule has 1 aliphatic rings. The zero-order chi connectivity index (χ0) is 16.3. The van der Waals surface area contributed by atoms with Crippen molar-refractivity contribution in [2.24, 2.45) is 5.41 Å². The summed E-state index contributed by atoms with van der Waals surface area (Å²) in [4.78, 5) is 2.49. The third-order valence-corrected chi connectivity index (χ3v) is 4.15. The largest absolute Gasteiger partial charge is 0.502 e. The van der Waals surface area contributed by atoms with Crippen molar-refractivity contribution >= 4 is 0 Å². The molecule has 0 spiro atoms. The molecule has 5 nitrogen and oxygen atoms in total. The Morgan fingerprint density at radius 3 is 2.00 bits per heavy atom. The van der Waals surface area contributed by atoms with Crippen molar-refractivity contribution in [2.75, 3.05) is 40.4 Å². The fourth-order valence-corrected chi connectivity index (χ4v) is 3.27. The lowest BCUT2D eigenvalue weighted by molar-refractivity contribution is 0.0858. The minimum absolute atomic E-state index is 0.0571. The van der Waals surface area contributed by atoms with Crippen LogP contribution < -0.4 is 14.8 Å². The molecule has 1 atom stereocenters. The van der Waals surface area contributed by atoms with E-state index in [9.17, 15) is 5.11 Å². The van der Waals surface area contributed by atoms with Crippen LogP contribution in [0.4, 0.5) is 0 Å². The Morgan fingerprint density at radius 1 is 1.09 bits per heavy atom. The number of nitrogens with one attached hydrogen (secondary N) is 1. The van der Waals surface area contributed by atoms with Crippen LogP contribution >= 0.6 is 0 Å². The highest BCUT2D eigenvalue weighted by molar-refractivity contribution is 5.53. The van der Waals surface area contributed by atoms with Crippen LogP contribution in [0, 0.1) is 5.41 Å². The zero-order valence-electron chi connectivity index (χ0n) is 14.3. The average Bonchev–Trinajstić information content (AvgIpc) is 2.48. The van der Waals surface area contributed by atoms with E-state index in [1.54, 1.807) is 14.2 Å². The fourth-order valence-electron chi connectivity index (χ4n) is 3.27. The molecular formula is C17H28N2O3. The van der Waals surface area contributed by atoms with Crippen molar-refractivity contribution in [3.8, 4) is 17.2 Å². The van der Waals surface area contributed by atoms with Gasteiger partial charge in [-0.15, -0.1) is 0 Å². The molecule has 0 aromatic heterocycles. The smallest absolute Gasteiger partial charge is 0.200 e. The fraction of sp³-hybridized carbons (Fsp3) is 0.647. The molecule has 0 bridgehead atoms. The van der Waals surface area contributed by atoms with Gasteiger partial charge in [0.1, 0.15) is 0 Å². The third kappa shape index (κ3) is 3.47. The predicted molar refractivity (Wildman–Crippen MR) is 87.8 cm³/mol. The van der Waals surface area contributed by atoms with Gasteiger partial charge in [-0.25, -0.2) is 0 Å². The molecule has 0 unspecified atom stereocenters. The van der Waals surface area contributed by atoms with E-state index in [0.29, 0.717) is 11.5 Å². The molecule has 2 rings (SSSR count). The van der Waals surface area contributed by atoms with Crippen molar-refractivity contribution in [3.05, 3.63) is 17.7 Å². The predicted octanol–water partition coefficient (Wildman–Crippen LogP) is 2.40. The number of piperazine rings is 1. The molecule has 5 heteroatoms. The van der Waals surface area contributed by atoms with Crippen LogP contribution in [0.5, 0.6) is 17.2 Å². The molecular weight excluding hydrogens is 280 g/mol. The number of rotatable bonds is 4. The highest BCUT2D eigenvalue weighted by Crippen LogP contribution is 2.44. The number of phenolic OH excluding ortho intramolecular Hbond substituents is 1. The highest BCUT2D eigenvalue weighted by atomic mass is 16.5. The van der Waals surface area contributed by atoms with Gasteiger partial charge in [-0.2, -0.15) is 0 Å². The number of methoxy groups -OCH3 is 2. The van der Waals surface area contributed by atoms with Crippen molar-refractivity contribution in [1.82, 2.24) is 10.2 Å². The standard InChI is InChI=1S/C17H28N2O3/c1-17(2,3)16(19-8-6-18-7-9-19)12-10-13(21-4)15(20)14(11-12)22-5/h10-11,16,18,20H,6-9H2,1-5H3/t16-/m0/s1. The number of nitrogens with zero attached hydrogens (tertiary/aromatic N) is 1. The van der Waals surface area contributed by atoms with Crippen LogP contribution in [0.25, 0.3) is 0 Å². The highest BCUT2D eigenvalue weighted by Gasteiger charge is 2.33. The van der Waals surface area contributed by atoms with Crippen molar-refractivity contribution < 1.29 is 14.6 Å². The molecule has 0 aliphatic carbocycles. The van der Waals surface area contributed by atoms with E-state index < -0.39 is 0 Å². The molecule has 0 saturated carbocycles.